The zero-order valence-electron chi connectivity index (χ0n) is 17.7. The Kier molecular flexibility index (Phi) is 14.5. The topological polar surface area (TPSA) is 101 Å². The van der Waals surface area contributed by atoms with Crippen molar-refractivity contribution in [3.05, 3.63) is 0 Å². The van der Waals surface area contributed by atoms with Gasteiger partial charge in [-0.15, -0.1) is 24.0 Å². The summed E-state index contributed by atoms with van der Waals surface area (Å²) in [7, 11) is -1.64. The highest BCUT2D eigenvalue weighted by molar-refractivity contribution is 14.0. The maximum absolute atomic E-state index is 12.1. The second-order valence-corrected chi connectivity index (χ2v) is 9.49. The van der Waals surface area contributed by atoms with Gasteiger partial charge < -0.3 is 20.1 Å². The largest absolute Gasteiger partial charge is 0.378 e. The Morgan fingerprint density at radius 2 is 1.79 bits per heavy atom. The predicted octanol–water partition coefficient (Wildman–Crippen LogP) is 2.00. The Bertz CT molecular complexity index is 550. The van der Waals surface area contributed by atoms with Crippen LogP contribution in [0.1, 0.15) is 57.8 Å². The van der Waals surface area contributed by atoms with Crippen LogP contribution < -0.4 is 15.4 Å². The van der Waals surface area contributed by atoms with Crippen LogP contribution in [0.3, 0.4) is 0 Å². The molecule has 0 aromatic heterocycles. The zero-order valence-corrected chi connectivity index (χ0v) is 20.8. The Hall–Kier alpha value is -0.170. The van der Waals surface area contributed by atoms with Gasteiger partial charge in [-0.25, -0.2) is 13.1 Å². The summed E-state index contributed by atoms with van der Waals surface area (Å²) in [6.07, 6.45) is 10.7. The van der Waals surface area contributed by atoms with Crippen molar-refractivity contribution in [2.75, 3.05) is 45.6 Å². The summed E-state index contributed by atoms with van der Waals surface area (Å²) in [5.41, 5.74) is 0. The first kappa shape index (κ1) is 26.9. The lowest BCUT2D eigenvalue weighted by atomic mass is 9.98. The van der Waals surface area contributed by atoms with Gasteiger partial charge in [-0.1, -0.05) is 19.3 Å². The number of sulfonamides is 1. The first-order valence-corrected chi connectivity index (χ1v) is 12.4. The number of hydrogen-bond donors (Lipinski definition) is 3. The molecule has 2 aliphatic rings. The minimum absolute atomic E-state index is 0. The van der Waals surface area contributed by atoms with E-state index >= 15 is 0 Å². The minimum atomic E-state index is -3.32. The van der Waals surface area contributed by atoms with E-state index in [4.69, 9.17) is 9.47 Å². The molecular formula is C19H39IN4O4S. The fraction of sp³-hybridized carbons (Fsp3) is 0.947. The molecule has 10 heteroatoms. The van der Waals surface area contributed by atoms with Crippen molar-refractivity contribution in [3.8, 4) is 0 Å². The number of aliphatic imine (C=N–C) groups is 1. The number of guanidine groups is 1. The highest BCUT2D eigenvalue weighted by Gasteiger charge is 2.17. The molecular weight excluding hydrogens is 507 g/mol. The standard InChI is InChI=1S/C19H38N4O4S.HI/c1-20-19(21-11-7-14-26-17-8-3-2-4-9-17)22-12-15-28(24,25)23-16-18-10-5-6-13-27-18;/h17-18,23H,2-16H2,1H3,(H2,20,21,22);1H. The van der Waals surface area contributed by atoms with E-state index in [1.54, 1.807) is 7.05 Å². The molecule has 172 valence electrons. The molecule has 8 nitrogen and oxygen atoms in total. The van der Waals surface area contributed by atoms with E-state index in [1.807, 2.05) is 0 Å². The monoisotopic (exact) mass is 546 g/mol. The number of rotatable bonds is 11. The highest BCUT2D eigenvalue weighted by Crippen LogP contribution is 2.20. The maximum Gasteiger partial charge on any atom is 0.213 e. The number of ether oxygens (including phenoxy) is 2. The van der Waals surface area contributed by atoms with E-state index in [1.165, 1.54) is 32.1 Å². The summed E-state index contributed by atoms with van der Waals surface area (Å²) in [4.78, 5) is 4.13. The molecule has 2 rings (SSSR count). The molecule has 1 unspecified atom stereocenters. The lowest BCUT2D eigenvalue weighted by Crippen LogP contribution is -2.43. The highest BCUT2D eigenvalue weighted by atomic mass is 127. The smallest absolute Gasteiger partial charge is 0.213 e. The molecule has 2 fully saturated rings. The van der Waals surface area contributed by atoms with Gasteiger partial charge in [0.25, 0.3) is 0 Å². The van der Waals surface area contributed by atoms with Gasteiger partial charge in [0.2, 0.25) is 10.0 Å². The molecule has 1 aliphatic carbocycles. The number of nitrogens with one attached hydrogen (secondary N) is 3. The van der Waals surface area contributed by atoms with Crippen LogP contribution in [0.5, 0.6) is 0 Å². The van der Waals surface area contributed by atoms with Crippen molar-refractivity contribution in [3.63, 3.8) is 0 Å². The van der Waals surface area contributed by atoms with E-state index in [-0.39, 0.29) is 35.8 Å². The summed E-state index contributed by atoms with van der Waals surface area (Å²) in [6, 6.07) is 0. The second kappa shape index (κ2) is 15.6. The molecule has 0 radical (unpaired) electrons. The van der Waals surface area contributed by atoms with Crippen molar-refractivity contribution < 1.29 is 17.9 Å². The van der Waals surface area contributed by atoms with Gasteiger partial charge in [-0.2, -0.15) is 0 Å². The summed E-state index contributed by atoms with van der Waals surface area (Å²) in [5.74, 6) is 0.620. The van der Waals surface area contributed by atoms with Crippen molar-refractivity contribution in [1.29, 1.82) is 0 Å². The number of nitrogens with zero attached hydrogens (tertiary/aromatic N) is 1. The molecule has 29 heavy (non-hydrogen) atoms. The third-order valence-corrected chi connectivity index (χ3v) is 6.56. The van der Waals surface area contributed by atoms with Gasteiger partial charge in [0.05, 0.1) is 18.0 Å². The van der Waals surface area contributed by atoms with E-state index < -0.39 is 10.0 Å². The van der Waals surface area contributed by atoms with Crippen molar-refractivity contribution in [2.45, 2.75) is 70.0 Å². The van der Waals surface area contributed by atoms with Crippen LogP contribution in [-0.4, -0.2) is 72.2 Å². The van der Waals surface area contributed by atoms with Crippen molar-refractivity contribution in [2.24, 2.45) is 4.99 Å². The van der Waals surface area contributed by atoms with Gasteiger partial charge in [0.15, 0.2) is 5.96 Å². The Balaban J connectivity index is 0.00000420. The molecule has 1 saturated carbocycles. The van der Waals surface area contributed by atoms with E-state index in [0.29, 0.717) is 25.2 Å². The predicted molar refractivity (Wildman–Crippen MR) is 128 cm³/mol. The molecule has 0 spiro atoms. The van der Waals surface area contributed by atoms with Crippen molar-refractivity contribution in [1.82, 2.24) is 15.4 Å². The Labute approximate surface area is 193 Å². The summed E-state index contributed by atoms with van der Waals surface area (Å²) in [5, 5.41) is 6.25. The van der Waals surface area contributed by atoms with Crippen LogP contribution in [0.25, 0.3) is 0 Å². The Morgan fingerprint density at radius 1 is 1.07 bits per heavy atom. The molecule has 1 atom stereocenters. The minimum Gasteiger partial charge on any atom is -0.378 e. The summed E-state index contributed by atoms with van der Waals surface area (Å²) < 4.78 is 38.3. The quantitative estimate of drug-likeness (QED) is 0.159. The first-order valence-electron chi connectivity index (χ1n) is 10.7. The summed E-state index contributed by atoms with van der Waals surface area (Å²) >= 11 is 0. The van der Waals surface area contributed by atoms with Gasteiger partial charge in [0, 0.05) is 39.9 Å². The van der Waals surface area contributed by atoms with Crippen LogP contribution in [-0.2, 0) is 19.5 Å². The maximum atomic E-state index is 12.1. The third kappa shape index (κ3) is 12.3. The average molecular weight is 547 g/mol. The van der Waals surface area contributed by atoms with Crippen LogP contribution in [0.2, 0.25) is 0 Å². The molecule has 1 aliphatic heterocycles. The second-order valence-electron chi connectivity index (χ2n) is 7.57. The SMILES string of the molecule is CN=C(NCCCOC1CCCCC1)NCCS(=O)(=O)NCC1CCCCO1.I. The zero-order chi connectivity index (χ0) is 20.1. The normalized spacial score (nSPS) is 21.4. The van der Waals surface area contributed by atoms with Gasteiger partial charge in [0.1, 0.15) is 0 Å². The first-order chi connectivity index (χ1) is 13.6. The average Bonchev–Trinajstić information content (AvgIpc) is 2.72. The molecule has 3 N–H and O–H groups in total. The summed E-state index contributed by atoms with van der Waals surface area (Å²) in [6.45, 7) is 2.88. The van der Waals surface area contributed by atoms with Gasteiger partial charge >= 0.3 is 0 Å². The fourth-order valence-electron chi connectivity index (χ4n) is 3.55. The van der Waals surface area contributed by atoms with Gasteiger partial charge in [-0.05, 0) is 38.5 Å². The third-order valence-electron chi connectivity index (χ3n) is 5.21. The molecule has 1 saturated heterocycles. The van der Waals surface area contributed by atoms with Crippen LogP contribution in [0.15, 0.2) is 4.99 Å². The van der Waals surface area contributed by atoms with Crippen LogP contribution in [0, 0.1) is 0 Å². The van der Waals surface area contributed by atoms with Gasteiger partial charge in [-0.3, -0.25) is 4.99 Å². The lowest BCUT2D eigenvalue weighted by Gasteiger charge is -2.22. The van der Waals surface area contributed by atoms with Crippen LogP contribution in [0.4, 0.5) is 0 Å². The van der Waals surface area contributed by atoms with Crippen molar-refractivity contribution >= 4 is 40.0 Å². The molecule has 0 bridgehead atoms. The van der Waals surface area contributed by atoms with E-state index in [0.717, 1.165) is 45.4 Å². The Morgan fingerprint density at radius 3 is 2.48 bits per heavy atom. The van der Waals surface area contributed by atoms with E-state index in [2.05, 4.69) is 20.3 Å². The molecule has 1 heterocycles. The molecule has 0 amide bonds. The fourth-order valence-corrected chi connectivity index (χ4v) is 4.50. The van der Waals surface area contributed by atoms with Crippen LogP contribution >= 0.6 is 24.0 Å². The number of halogens is 1. The molecule has 0 aromatic rings. The van der Waals surface area contributed by atoms with E-state index in [9.17, 15) is 8.42 Å². The lowest BCUT2D eigenvalue weighted by molar-refractivity contribution is 0.0200. The number of hydrogen-bond acceptors (Lipinski definition) is 5. The molecule has 0 aromatic carbocycles.